The minimum atomic E-state index is -3.78. The fourth-order valence-corrected chi connectivity index (χ4v) is 1.63. The highest BCUT2D eigenvalue weighted by Gasteiger charge is 2.12. The van der Waals surface area contributed by atoms with Gasteiger partial charge in [-0.15, -0.1) is 0 Å². The predicted molar refractivity (Wildman–Crippen MR) is 51.7 cm³/mol. The molecule has 0 saturated heterocycles. The van der Waals surface area contributed by atoms with Crippen molar-refractivity contribution in [3.8, 4) is 0 Å². The van der Waals surface area contributed by atoms with Crippen LogP contribution in [0, 0.1) is 0 Å². The molecule has 0 unspecified atom stereocenters. The van der Waals surface area contributed by atoms with Crippen molar-refractivity contribution in [2.24, 2.45) is 11.6 Å². The zero-order valence-corrected chi connectivity index (χ0v) is 8.33. The lowest BCUT2D eigenvalue weighted by atomic mass is 10.2. The second-order valence-electron chi connectivity index (χ2n) is 2.73. The summed E-state index contributed by atoms with van der Waals surface area (Å²) in [6, 6.07) is 6.23. The van der Waals surface area contributed by atoms with Crippen molar-refractivity contribution in [2.45, 2.75) is 11.3 Å². The fraction of sp³-hybridized carbons (Fsp3) is 0.250. The van der Waals surface area contributed by atoms with E-state index in [1.165, 1.54) is 12.1 Å². The normalized spacial score (nSPS) is 11.6. The Labute approximate surface area is 82.7 Å². The Kier molecular flexibility index (Phi) is 3.59. The van der Waals surface area contributed by atoms with E-state index in [1.54, 1.807) is 12.1 Å². The lowest BCUT2D eigenvalue weighted by molar-refractivity contribution is 0.333. The molecule has 0 aliphatic carbocycles. The van der Waals surface area contributed by atoms with Crippen molar-refractivity contribution < 1.29 is 12.7 Å². The fourth-order valence-electron chi connectivity index (χ4n) is 1.05. The second kappa shape index (κ2) is 4.52. The highest BCUT2D eigenvalue weighted by Crippen LogP contribution is 2.11. The number of benzene rings is 1. The first-order valence-corrected chi connectivity index (χ1v) is 5.43. The van der Waals surface area contributed by atoms with Crippen molar-refractivity contribution in [2.75, 3.05) is 6.54 Å². The summed E-state index contributed by atoms with van der Waals surface area (Å²) in [6.45, 7) is 0.527. The molecule has 0 radical (unpaired) electrons. The predicted octanol–water partition coefficient (Wildman–Crippen LogP) is -0.233. The van der Waals surface area contributed by atoms with Crippen molar-refractivity contribution in [3.05, 3.63) is 29.8 Å². The quantitative estimate of drug-likeness (QED) is 0.678. The first-order valence-electron chi connectivity index (χ1n) is 4.02. The van der Waals surface area contributed by atoms with Crippen molar-refractivity contribution in [1.29, 1.82) is 0 Å². The number of hydrogen-bond donors (Lipinski definition) is 2. The van der Waals surface area contributed by atoms with E-state index >= 15 is 0 Å². The first kappa shape index (κ1) is 11.1. The van der Waals surface area contributed by atoms with Gasteiger partial charge in [0.15, 0.2) is 0 Å². The molecular formula is C8H12N2O3S. The smallest absolute Gasteiger partial charge is 0.312 e. The van der Waals surface area contributed by atoms with E-state index in [4.69, 9.17) is 5.73 Å². The molecule has 0 spiro atoms. The summed E-state index contributed by atoms with van der Waals surface area (Å²) in [5.41, 5.74) is 6.32. The van der Waals surface area contributed by atoms with Crippen LogP contribution in [0.4, 0.5) is 0 Å². The molecule has 0 heterocycles. The lowest BCUT2D eigenvalue weighted by Crippen LogP contribution is -2.11. The topological polar surface area (TPSA) is 95.4 Å². The van der Waals surface area contributed by atoms with Gasteiger partial charge in [-0.3, -0.25) is 0 Å². The molecule has 0 aliphatic rings. The third kappa shape index (κ3) is 2.52. The van der Waals surface area contributed by atoms with Crippen molar-refractivity contribution in [1.82, 2.24) is 0 Å². The molecular weight excluding hydrogens is 204 g/mol. The maximum absolute atomic E-state index is 11.1. The van der Waals surface area contributed by atoms with E-state index in [1.807, 2.05) is 0 Å². The Morgan fingerprint density at radius 3 is 2.21 bits per heavy atom. The third-order valence-corrected chi connectivity index (χ3v) is 2.87. The molecule has 4 N–H and O–H groups in total. The van der Waals surface area contributed by atoms with Gasteiger partial charge in [-0.05, 0) is 30.7 Å². The Balaban J connectivity index is 2.94. The lowest BCUT2D eigenvalue weighted by Gasteiger charge is -2.02. The number of rotatable bonds is 4. The molecule has 6 heteroatoms. The second-order valence-corrected chi connectivity index (χ2v) is 4.31. The minimum absolute atomic E-state index is 0.0424. The van der Waals surface area contributed by atoms with Crippen molar-refractivity contribution >= 4 is 10.1 Å². The van der Waals surface area contributed by atoms with Gasteiger partial charge in [-0.2, -0.15) is 18.6 Å². The molecule has 0 fully saturated rings. The zero-order chi connectivity index (χ0) is 10.6. The van der Waals surface area contributed by atoms with Gasteiger partial charge in [-0.25, -0.2) is 0 Å². The summed E-state index contributed by atoms with van der Waals surface area (Å²) < 4.78 is 26.1. The maximum atomic E-state index is 11.1. The van der Waals surface area contributed by atoms with Crippen LogP contribution >= 0.6 is 0 Å². The molecule has 1 aromatic rings. The summed E-state index contributed by atoms with van der Waals surface area (Å²) >= 11 is 0. The highest BCUT2D eigenvalue weighted by molar-refractivity contribution is 7.86. The molecule has 0 saturated carbocycles. The molecule has 0 aromatic heterocycles. The van der Waals surface area contributed by atoms with Gasteiger partial charge >= 0.3 is 10.1 Å². The summed E-state index contributed by atoms with van der Waals surface area (Å²) in [4.78, 5) is 0.0424. The van der Waals surface area contributed by atoms with Crippen molar-refractivity contribution in [3.63, 3.8) is 0 Å². The van der Waals surface area contributed by atoms with Gasteiger partial charge < -0.3 is 5.73 Å². The average molecular weight is 216 g/mol. The van der Waals surface area contributed by atoms with Gasteiger partial charge in [0.05, 0.1) is 4.90 Å². The largest absolute Gasteiger partial charge is 0.330 e. The Hall–Kier alpha value is -0.950. The number of nitrogens with two attached hydrogens (primary N) is 2. The zero-order valence-electron chi connectivity index (χ0n) is 7.51. The minimum Gasteiger partial charge on any atom is -0.330 e. The molecule has 5 nitrogen and oxygen atoms in total. The van der Waals surface area contributed by atoms with Crippen LogP contribution in [0.2, 0.25) is 0 Å². The third-order valence-electron chi connectivity index (χ3n) is 1.77. The van der Waals surface area contributed by atoms with Crippen LogP contribution in [-0.4, -0.2) is 15.0 Å². The Bertz CT molecular complexity index is 386. The number of hydrogen-bond acceptors (Lipinski definition) is 5. The van der Waals surface area contributed by atoms with Crippen LogP contribution in [0.5, 0.6) is 0 Å². The Morgan fingerprint density at radius 2 is 1.79 bits per heavy atom. The highest BCUT2D eigenvalue weighted by atomic mass is 32.2. The Morgan fingerprint density at radius 1 is 1.21 bits per heavy atom. The van der Waals surface area contributed by atoms with Gasteiger partial charge in [0.25, 0.3) is 0 Å². The monoisotopic (exact) mass is 216 g/mol. The van der Waals surface area contributed by atoms with E-state index in [0.29, 0.717) is 13.0 Å². The van der Waals surface area contributed by atoms with Gasteiger partial charge in [0, 0.05) is 0 Å². The van der Waals surface area contributed by atoms with E-state index < -0.39 is 10.1 Å². The van der Waals surface area contributed by atoms with Crippen LogP contribution in [-0.2, 0) is 20.8 Å². The van der Waals surface area contributed by atoms with E-state index in [9.17, 15) is 8.42 Å². The van der Waals surface area contributed by atoms with Crippen LogP contribution in [0.3, 0.4) is 0 Å². The standard InChI is InChI=1S/C8H12N2O3S/c9-6-5-7-1-3-8(4-2-7)14(11,12)13-10/h1-4H,5-6,9-10H2. The van der Waals surface area contributed by atoms with Gasteiger partial charge in [0.2, 0.25) is 0 Å². The van der Waals surface area contributed by atoms with Crippen LogP contribution in [0.1, 0.15) is 5.56 Å². The molecule has 78 valence electrons. The summed E-state index contributed by atoms with van der Waals surface area (Å²) in [5, 5.41) is 0. The van der Waals surface area contributed by atoms with Gasteiger partial charge in [-0.1, -0.05) is 12.1 Å². The summed E-state index contributed by atoms with van der Waals surface area (Å²) in [5.74, 6) is 4.63. The van der Waals surface area contributed by atoms with Crippen LogP contribution in [0.15, 0.2) is 29.2 Å². The molecule has 0 aliphatic heterocycles. The first-order chi connectivity index (χ1) is 6.60. The molecule has 0 bridgehead atoms. The van der Waals surface area contributed by atoms with Gasteiger partial charge in [0.1, 0.15) is 0 Å². The van der Waals surface area contributed by atoms with E-state index in [0.717, 1.165) is 5.56 Å². The molecule has 14 heavy (non-hydrogen) atoms. The average Bonchev–Trinajstić information content (AvgIpc) is 2.19. The molecule has 1 aromatic carbocycles. The van der Waals surface area contributed by atoms with E-state index in [-0.39, 0.29) is 4.90 Å². The molecule has 0 amide bonds. The van der Waals surface area contributed by atoms with E-state index in [2.05, 4.69) is 10.2 Å². The molecule has 0 atom stereocenters. The van der Waals surface area contributed by atoms with Crippen LogP contribution < -0.4 is 11.6 Å². The maximum Gasteiger partial charge on any atom is 0.312 e. The summed E-state index contributed by atoms with van der Waals surface area (Å²) in [7, 11) is -3.78. The molecule has 1 rings (SSSR count). The summed E-state index contributed by atoms with van der Waals surface area (Å²) in [6.07, 6.45) is 0.712. The van der Waals surface area contributed by atoms with Crippen LogP contribution in [0.25, 0.3) is 0 Å². The SMILES string of the molecule is NCCc1ccc(S(=O)(=O)ON)cc1.